The zero-order valence-electron chi connectivity index (χ0n) is 20.7. The van der Waals surface area contributed by atoms with E-state index in [1.165, 1.54) is 12.8 Å². The molecule has 0 saturated carbocycles. The van der Waals surface area contributed by atoms with Gasteiger partial charge in [0.15, 0.2) is 0 Å². The molecule has 2 aromatic rings. The second kappa shape index (κ2) is 14.0. The first-order valence-corrected chi connectivity index (χ1v) is 11.7. The number of halogens is 1. The van der Waals surface area contributed by atoms with Gasteiger partial charge in [-0.05, 0) is 74.4 Å². The van der Waals surface area contributed by atoms with Crippen molar-refractivity contribution in [3.63, 3.8) is 0 Å². The van der Waals surface area contributed by atoms with E-state index in [2.05, 4.69) is 59.0 Å². The molecule has 0 heterocycles. The van der Waals surface area contributed by atoms with Gasteiger partial charge in [0.1, 0.15) is 0 Å². The molecule has 0 amide bonds. The van der Waals surface area contributed by atoms with Crippen LogP contribution in [-0.2, 0) is 9.31 Å². The molecule has 0 spiro atoms. The standard InChI is InChI=1S/C19H24BClO2.C7H17N/c1-14(2)19(3,4)23-20(22-5)18-13-16(21)11-12-17(18)15-9-7-6-8-10-15;1-4-7(2)5-6-8-3/h6-14H,1-5H3;7-8H,4-6H2,1-3H3. The van der Waals surface area contributed by atoms with Crippen molar-refractivity contribution in [2.24, 2.45) is 11.8 Å². The molecule has 1 N–H and O–H groups in total. The molecule has 0 aromatic heterocycles. The van der Waals surface area contributed by atoms with Crippen LogP contribution in [0.5, 0.6) is 0 Å². The van der Waals surface area contributed by atoms with Crippen molar-refractivity contribution >= 4 is 24.2 Å². The van der Waals surface area contributed by atoms with Crippen LogP contribution in [0.1, 0.15) is 54.4 Å². The fourth-order valence-electron chi connectivity index (χ4n) is 2.85. The summed E-state index contributed by atoms with van der Waals surface area (Å²) in [5.41, 5.74) is 2.82. The van der Waals surface area contributed by atoms with Crippen LogP contribution in [0.3, 0.4) is 0 Å². The van der Waals surface area contributed by atoms with Crippen LogP contribution < -0.4 is 10.8 Å². The molecule has 1 unspecified atom stereocenters. The van der Waals surface area contributed by atoms with Crippen LogP contribution in [0.15, 0.2) is 48.5 Å². The van der Waals surface area contributed by atoms with E-state index in [9.17, 15) is 0 Å². The third-order valence-electron chi connectivity index (χ3n) is 5.95. The van der Waals surface area contributed by atoms with Crippen LogP contribution in [-0.4, -0.2) is 33.4 Å². The lowest BCUT2D eigenvalue weighted by Gasteiger charge is -2.33. The molecule has 0 saturated heterocycles. The summed E-state index contributed by atoms with van der Waals surface area (Å²) < 4.78 is 11.9. The van der Waals surface area contributed by atoms with E-state index in [4.69, 9.17) is 20.9 Å². The van der Waals surface area contributed by atoms with Crippen molar-refractivity contribution in [3.05, 3.63) is 53.6 Å². The Morgan fingerprint density at radius 3 is 2.23 bits per heavy atom. The fraction of sp³-hybridized carbons (Fsp3) is 0.538. The van der Waals surface area contributed by atoms with Crippen molar-refractivity contribution in [1.29, 1.82) is 0 Å². The molecule has 31 heavy (non-hydrogen) atoms. The highest BCUT2D eigenvalue weighted by Gasteiger charge is 2.33. The van der Waals surface area contributed by atoms with Crippen molar-refractivity contribution in [1.82, 2.24) is 5.32 Å². The van der Waals surface area contributed by atoms with Crippen molar-refractivity contribution < 1.29 is 9.31 Å². The summed E-state index contributed by atoms with van der Waals surface area (Å²) in [6, 6.07) is 16.0. The predicted octanol–water partition coefficient (Wildman–Crippen LogP) is 6.44. The van der Waals surface area contributed by atoms with E-state index in [1.54, 1.807) is 7.11 Å². The maximum atomic E-state index is 6.27. The highest BCUT2D eigenvalue weighted by Crippen LogP contribution is 2.25. The largest absolute Gasteiger partial charge is 0.494 e. The number of benzene rings is 2. The molecule has 5 heteroatoms. The van der Waals surface area contributed by atoms with Crippen LogP contribution >= 0.6 is 11.6 Å². The van der Waals surface area contributed by atoms with Gasteiger partial charge in [0.2, 0.25) is 0 Å². The summed E-state index contributed by atoms with van der Waals surface area (Å²) in [4.78, 5) is 0. The first-order valence-electron chi connectivity index (χ1n) is 11.4. The summed E-state index contributed by atoms with van der Waals surface area (Å²) in [5.74, 6) is 1.25. The highest BCUT2D eigenvalue weighted by atomic mass is 35.5. The summed E-state index contributed by atoms with van der Waals surface area (Å²) in [6.07, 6.45) is 2.62. The van der Waals surface area contributed by atoms with Gasteiger partial charge in [-0.2, -0.15) is 0 Å². The number of hydrogen-bond acceptors (Lipinski definition) is 3. The van der Waals surface area contributed by atoms with Gasteiger partial charge in [-0.25, -0.2) is 0 Å². The smallest absolute Gasteiger partial charge is 0.410 e. The Kier molecular flexibility index (Phi) is 12.5. The Labute approximate surface area is 196 Å². The third kappa shape index (κ3) is 9.37. The monoisotopic (exact) mass is 445 g/mol. The number of nitrogens with one attached hydrogen (secondary N) is 1. The van der Waals surface area contributed by atoms with E-state index >= 15 is 0 Å². The molecule has 0 aliphatic carbocycles. The highest BCUT2D eigenvalue weighted by molar-refractivity contribution is 6.63. The molecule has 3 nitrogen and oxygen atoms in total. The molecule has 2 aromatic carbocycles. The first-order chi connectivity index (χ1) is 14.7. The molecular weight excluding hydrogens is 405 g/mol. The fourth-order valence-corrected chi connectivity index (χ4v) is 3.04. The molecule has 0 radical (unpaired) electrons. The van der Waals surface area contributed by atoms with Crippen molar-refractivity contribution in [2.75, 3.05) is 20.7 Å². The Bertz CT molecular complexity index is 752. The lowest BCUT2D eigenvalue weighted by atomic mass is 9.73. The van der Waals surface area contributed by atoms with Gasteiger partial charge >= 0.3 is 7.12 Å². The molecular formula is C26H41BClNO2. The number of hydrogen-bond donors (Lipinski definition) is 1. The zero-order valence-corrected chi connectivity index (χ0v) is 21.4. The minimum atomic E-state index is -0.471. The van der Waals surface area contributed by atoms with Crippen molar-refractivity contribution in [3.8, 4) is 11.1 Å². The van der Waals surface area contributed by atoms with E-state index in [0.717, 1.165) is 29.1 Å². The van der Waals surface area contributed by atoms with Crippen LogP contribution in [0.2, 0.25) is 5.02 Å². The SMILES string of the molecule is CCC(C)CCNC.COB(OC(C)(C)C(C)C)c1cc(Cl)ccc1-c1ccccc1. The molecule has 0 aliphatic rings. The number of rotatable bonds is 10. The maximum Gasteiger partial charge on any atom is 0.494 e. The molecule has 1 atom stereocenters. The Morgan fingerprint density at radius 1 is 1.06 bits per heavy atom. The van der Waals surface area contributed by atoms with Gasteiger partial charge in [-0.1, -0.05) is 82.1 Å². The summed E-state index contributed by atoms with van der Waals surface area (Å²) in [7, 11) is 3.19. The van der Waals surface area contributed by atoms with Gasteiger partial charge in [-0.3, -0.25) is 0 Å². The topological polar surface area (TPSA) is 30.5 Å². The lowest BCUT2D eigenvalue weighted by Crippen LogP contribution is -2.46. The molecule has 172 valence electrons. The second-order valence-corrected chi connectivity index (χ2v) is 9.38. The van der Waals surface area contributed by atoms with Gasteiger partial charge in [0.25, 0.3) is 0 Å². The maximum absolute atomic E-state index is 6.27. The predicted molar refractivity (Wildman–Crippen MR) is 137 cm³/mol. The summed E-state index contributed by atoms with van der Waals surface area (Å²) >= 11 is 6.23. The second-order valence-electron chi connectivity index (χ2n) is 8.95. The average molecular weight is 446 g/mol. The van der Waals surface area contributed by atoms with Crippen LogP contribution in [0, 0.1) is 11.8 Å². The third-order valence-corrected chi connectivity index (χ3v) is 6.19. The van der Waals surface area contributed by atoms with Crippen molar-refractivity contribution in [2.45, 2.75) is 60.0 Å². The zero-order chi connectivity index (χ0) is 23.4. The van der Waals surface area contributed by atoms with E-state index in [0.29, 0.717) is 10.9 Å². The Morgan fingerprint density at radius 2 is 1.71 bits per heavy atom. The normalized spacial score (nSPS) is 12.3. The summed E-state index contributed by atoms with van der Waals surface area (Å²) in [6.45, 7) is 14.1. The van der Waals surface area contributed by atoms with E-state index < -0.39 is 7.12 Å². The molecule has 0 bridgehead atoms. The van der Waals surface area contributed by atoms with E-state index in [1.807, 2.05) is 43.4 Å². The molecule has 0 fully saturated rings. The minimum absolute atomic E-state index is 0.309. The van der Waals surface area contributed by atoms with Gasteiger partial charge in [-0.15, -0.1) is 0 Å². The lowest BCUT2D eigenvalue weighted by molar-refractivity contribution is 0.0372. The van der Waals surface area contributed by atoms with Gasteiger partial charge in [0.05, 0.1) is 5.60 Å². The Hall–Kier alpha value is -1.33. The Balaban J connectivity index is 0.000000512. The molecule has 2 rings (SSSR count). The molecule has 0 aliphatic heterocycles. The quantitative estimate of drug-likeness (QED) is 0.427. The average Bonchev–Trinajstić information content (AvgIpc) is 2.76. The first kappa shape index (κ1) is 27.7. The summed E-state index contributed by atoms with van der Waals surface area (Å²) in [5, 5.41) is 3.81. The van der Waals surface area contributed by atoms with Crippen LogP contribution in [0.25, 0.3) is 11.1 Å². The van der Waals surface area contributed by atoms with Gasteiger partial charge < -0.3 is 14.6 Å². The van der Waals surface area contributed by atoms with Gasteiger partial charge in [0, 0.05) is 12.1 Å². The minimum Gasteiger partial charge on any atom is -0.410 e. The van der Waals surface area contributed by atoms with E-state index in [-0.39, 0.29) is 5.60 Å². The van der Waals surface area contributed by atoms with Crippen LogP contribution in [0.4, 0.5) is 0 Å².